The number of carbonyl (C=O) groups is 3. The lowest BCUT2D eigenvalue weighted by Crippen LogP contribution is -2.48. The van der Waals surface area contributed by atoms with Crippen molar-refractivity contribution >= 4 is 28.9 Å². The number of hydrogen-bond donors (Lipinski definition) is 2. The summed E-state index contributed by atoms with van der Waals surface area (Å²) < 4.78 is 10.1. The standard InChI is InChI=1S/C22H32N4O5/c1-13(2)12-16(23-21(29)31-22(4,5)6)19(27)25-26-17-11-9-8-10-15(17)18(24-26)14(3)20(28)30-7/h8-11,13-14,16H,12H2,1-7H3,(H,23,29)(H,25,27)/t14?,16-/m0/s1. The summed E-state index contributed by atoms with van der Waals surface area (Å²) in [6.07, 6.45) is -0.256. The summed E-state index contributed by atoms with van der Waals surface area (Å²) in [4.78, 5) is 38.6. The van der Waals surface area contributed by atoms with Crippen LogP contribution in [0.1, 0.15) is 59.6 Å². The minimum absolute atomic E-state index is 0.148. The number of para-hydroxylation sites is 1. The van der Waals surface area contributed by atoms with Gasteiger partial charge in [0.05, 0.1) is 24.2 Å². The summed E-state index contributed by atoms with van der Waals surface area (Å²) in [6.45, 7) is 10.9. The van der Waals surface area contributed by atoms with Crippen molar-refractivity contribution < 1.29 is 23.9 Å². The minimum atomic E-state index is -0.820. The van der Waals surface area contributed by atoms with Crippen molar-refractivity contribution in [1.29, 1.82) is 0 Å². The van der Waals surface area contributed by atoms with Crippen LogP contribution in [-0.2, 0) is 19.1 Å². The first-order valence-electron chi connectivity index (χ1n) is 10.3. The highest BCUT2D eigenvalue weighted by Gasteiger charge is 2.27. The van der Waals surface area contributed by atoms with Gasteiger partial charge in [-0.15, -0.1) is 0 Å². The molecule has 2 N–H and O–H groups in total. The van der Waals surface area contributed by atoms with E-state index in [4.69, 9.17) is 9.47 Å². The van der Waals surface area contributed by atoms with Gasteiger partial charge in [0.2, 0.25) is 0 Å². The molecule has 0 saturated heterocycles. The van der Waals surface area contributed by atoms with E-state index in [0.29, 0.717) is 17.6 Å². The molecule has 31 heavy (non-hydrogen) atoms. The molecule has 0 bridgehead atoms. The number of aromatic nitrogens is 2. The Hall–Kier alpha value is -3.10. The van der Waals surface area contributed by atoms with Crippen LogP contribution < -0.4 is 10.7 Å². The predicted octanol–water partition coefficient (Wildman–Crippen LogP) is 3.32. The van der Waals surface area contributed by atoms with E-state index in [1.165, 1.54) is 11.9 Å². The topological polar surface area (TPSA) is 112 Å². The zero-order chi connectivity index (χ0) is 23.3. The van der Waals surface area contributed by atoms with Gasteiger partial charge in [-0.25, -0.2) is 10.2 Å². The molecule has 2 amide bonds. The van der Waals surface area contributed by atoms with Gasteiger partial charge in [0.25, 0.3) is 5.91 Å². The molecular weight excluding hydrogens is 400 g/mol. The maximum absolute atomic E-state index is 13.0. The molecule has 9 heteroatoms. The molecule has 1 aromatic carbocycles. The molecule has 2 atom stereocenters. The van der Waals surface area contributed by atoms with Gasteiger partial charge in [0, 0.05) is 5.39 Å². The van der Waals surface area contributed by atoms with Crippen molar-refractivity contribution in [2.45, 2.75) is 65.5 Å². The first-order valence-corrected chi connectivity index (χ1v) is 10.3. The van der Waals surface area contributed by atoms with Crippen molar-refractivity contribution in [3.63, 3.8) is 0 Å². The lowest BCUT2D eigenvalue weighted by atomic mass is 10.0. The van der Waals surface area contributed by atoms with Crippen molar-refractivity contribution in [3.8, 4) is 0 Å². The third-order valence-electron chi connectivity index (χ3n) is 4.51. The summed E-state index contributed by atoms with van der Waals surface area (Å²) in [6, 6.07) is 6.43. The van der Waals surface area contributed by atoms with Gasteiger partial charge in [0.15, 0.2) is 0 Å². The number of methoxy groups -OCH3 is 1. The molecule has 9 nitrogen and oxygen atoms in total. The molecule has 0 aliphatic rings. The molecular formula is C22H32N4O5. The lowest BCUT2D eigenvalue weighted by Gasteiger charge is -2.24. The number of ether oxygens (including phenoxy) is 2. The molecule has 0 spiro atoms. The Morgan fingerprint density at radius 3 is 2.35 bits per heavy atom. The van der Waals surface area contributed by atoms with Crippen LogP contribution in [-0.4, -0.2) is 46.6 Å². The van der Waals surface area contributed by atoms with Gasteiger partial charge in [-0.05, 0) is 46.1 Å². The second-order valence-corrected chi connectivity index (χ2v) is 8.86. The number of carbonyl (C=O) groups excluding carboxylic acids is 3. The van der Waals surface area contributed by atoms with Crippen molar-refractivity contribution in [2.24, 2.45) is 5.92 Å². The van der Waals surface area contributed by atoms with E-state index in [2.05, 4.69) is 15.8 Å². The average Bonchev–Trinajstić information content (AvgIpc) is 3.03. The number of alkyl carbamates (subject to hydrolysis) is 1. The Morgan fingerprint density at radius 1 is 1.13 bits per heavy atom. The van der Waals surface area contributed by atoms with Gasteiger partial charge in [-0.1, -0.05) is 32.0 Å². The van der Waals surface area contributed by atoms with Gasteiger partial charge < -0.3 is 14.8 Å². The van der Waals surface area contributed by atoms with Crippen LogP contribution >= 0.6 is 0 Å². The normalized spacial score (nSPS) is 13.5. The molecule has 2 rings (SSSR count). The zero-order valence-electron chi connectivity index (χ0n) is 19.2. The smallest absolute Gasteiger partial charge is 0.408 e. The SMILES string of the molecule is COC(=O)C(C)c1nn(NC(=O)[C@H](CC(C)C)NC(=O)OC(C)(C)C)c2ccccc12. The van der Waals surface area contributed by atoms with Crippen molar-refractivity contribution in [3.05, 3.63) is 30.0 Å². The first kappa shape index (κ1) is 24.2. The highest BCUT2D eigenvalue weighted by Crippen LogP contribution is 2.25. The number of nitrogens with one attached hydrogen (secondary N) is 2. The fourth-order valence-corrected chi connectivity index (χ4v) is 3.12. The number of hydrogen-bond acceptors (Lipinski definition) is 6. The molecule has 0 aliphatic carbocycles. The highest BCUT2D eigenvalue weighted by atomic mass is 16.6. The van der Waals surface area contributed by atoms with Crippen LogP contribution in [0.15, 0.2) is 24.3 Å². The number of nitrogens with zero attached hydrogens (tertiary/aromatic N) is 2. The summed E-state index contributed by atoms with van der Waals surface area (Å²) >= 11 is 0. The van der Waals surface area contributed by atoms with Crippen LogP contribution in [0.2, 0.25) is 0 Å². The number of esters is 1. The van der Waals surface area contributed by atoms with E-state index in [1.54, 1.807) is 33.8 Å². The molecule has 0 saturated carbocycles. The molecule has 0 radical (unpaired) electrons. The van der Waals surface area contributed by atoms with Crippen LogP contribution in [0, 0.1) is 5.92 Å². The summed E-state index contributed by atoms with van der Waals surface area (Å²) in [5.41, 5.74) is 3.17. The van der Waals surface area contributed by atoms with E-state index in [0.717, 1.165) is 5.39 Å². The molecule has 2 aromatic rings. The molecule has 0 aliphatic heterocycles. The number of amides is 2. The Balaban J connectivity index is 2.30. The van der Waals surface area contributed by atoms with Crippen LogP contribution in [0.4, 0.5) is 4.79 Å². The van der Waals surface area contributed by atoms with Crippen LogP contribution in [0.5, 0.6) is 0 Å². The second kappa shape index (κ2) is 9.80. The monoisotopic (exact) mass is 432 g/mol. The second-order valence-electron chi connectivity index (χ2n) is 8.86. The van der Waals surface area contributed by atoms with Crippen molar-refractivity contribution in [2.75, 3.05) is 12.5 Å². The third kappa shape index (κ3) is 6.44. The van der Waals surface area contributed by atoms with Gasteiger partial charge in [-0.3, -0.25) is 9.59 Å². The fourth-order valence-electron chi connectivity index (χ4n) is 3.12. The molecule has 1 unspecified atom stereocenters. The van der Waals surface area contributed by atoms with E-state index >= 15 is 0 Å². The summed E-state index contributed by atoms with van der Waals surface area (Å²) in [5, 5.41) is 7.80. The third-order valence-corrected chi connectivity index (χ3v) is 4.51. The fraction of sp³-hybridized carbons (Fsp3) is 0.545. The Morgan fingerprint density at radius 2 is 1.77 bits per heavy atom. The molecule has 0 fully saturated rings. The summed E-state index contributed by atoms with van der Waals surface area (Å²) in [7, 11) is 1.32. The maximum atomic E-state index is 13.0. The highest BCUT2D eigenvalue weighted by molar-refractivity contribution is 5.94. The Kier molecular flexibility index (Phi) is 7.65. The Bertz CT molecular complexity index is 945. The number of benzene rings is 1. The van der Waals surface area contributed by atoms with Crippen LogP contribution in [0.25, 0.3) is 10.9 Å². The van der Waals surface area contributed by atoms with Crippen molar-refractivity contribution in [1.82, 2.24) is 15.2 Å². The minimum Gasteiger partial charge on any atom is -0.469 e. The van der Waals surface area contributed by atoms with Gasteiger partial charge in [0.1, 0.15) is 11.6 Å². The summed E-state index contributed by atoms with van der Waals surface area (Å²) in [5.74, 6) is -1.33. The van der Waals surface area contributed by atoms with Crippen LogP contribution in [0.3, 0.4) is 0 Å². The Labute approximate surface area is 182 Å². The zero-order valence-corrected chi connectivity index (χ0v) is 19.2. The molecule has 1 aromatic heterocycles. The lowest BCUT2D eigenvalue weighted by molar-refractivity contribution is -0.142. The van der Waals surface area contributed by atoms with Gasteiger partial charge >= 0.3 is 12.1 Å². The van der Waals surface area contributed by atoms with E-state index < -0.39 is 35.5 Å². The predicted molar refractivity (Wildman–Crippen MR) is 117 cm³/mol. The first-order chi connectivity index (χ1) is 14.4. The largest absolute Gasteiger partial charge is 0.469 e. The molecule has 1 heterocycles. The van der Waals surface area contributed by atoms with E-state index in [1.807, 2.05) is 32.0 Å². The van der Waals surface area contributed by atoms with Gasteiger partial charge in [-0.2, -0.15) is 9.89 Å². The molecule has 170 valence electrons. The maximum Gasteiger partial charge on any atom is 0.408 e. The quantitative estimate of drug-likeness (QED) is 0.649. The van der Waals surface area contributed by atoms with E-state index in [-0.39, 0.29) is 5.92 Å². The number of rotatable bonds is 7. The average molecular weight is 433 g/mol. The number of fused-ring (bicyclic) bond motifs is 1. The van der Waals surface area contributed by atoms with E-state index in [9.17, 15) is 14.4 Å².